The Morgan fingerprint density at radius 2 is 1.89 bits per heavy atom. The maximum Gasteiger partial charge on any atom is 0.325 e. The minimum atomic E-state index is -0.777. The lowest BCUT2D eigenvalue weighted by Crippen LogP contribution is -2.43. The number of hydrogen-bond donors (Lipinski definition) is 2. The monoisotopic (exact) mass is 269 g/mol. The van der Waals surface area contributed by atoms with Crippen LogP contribution in [0.15, 0.2) is 0 Å². The van der Waals surface area contributed by atoms with Gasteiger partial charge in [-0.2, -0.15) is 0 Å². The van der Waals surface area contributed by atoms with Crippen LogP contribution < -0.4 is 5.32 Å². The first kappa shape index (κ1) is 14.3. The SMILES string of the molecule is CC1(C)NC(=O)N(CCN2CCC(CO)CC2)C1=O. The summed E-state index contributed by atoms with van der Waals surface area (Å²) in [6.45, 7) is 6.72. The highest BCUT2D eigenvalue weighted by Crippen LogP contribution is 2.18. The third-order valence-electron chi connectivity index (χ3n) is 4.05. The fourth-order valence-electron chi connectivity index (χ4n) is 2.66. The molecule has 3 amide bonds. The third kappa shape index (κ3) is 3.06. The van der Waals surface area contributed by atoms with E-state index >= 15 is 0 Å². The fourth-order valence-corrected chi connectivity index (χ4v) is 2.66. The quantitative estimate of drug-likeness (QED) is 0.706. The van der Waals surface area contributed by atoms with Gasteiger partial charge in [-0.25, -0.2) is 4.79 Å². The zero-order valence-electron chi connectivity index (χ0n) is 11.7. The van der Waals surface area contributed by atoms with Crippen molar-refractivity contribution in [2.24, 2.45) is 5.92 Å². The molecule has 2 rings (SSSR count). The first-order valence-corrected chi connectivity index (χ1v) is 6.91. The molecule has 2 aliphatic heterocycles. The van der Waals surface area contributed by atoms with Crippen molar-refractivity contribution < 1.29 is 14.7 Å². The molecule has 0 radical (unpaired) electrons. The van der Waals surface area contributed by atoms with Crippen molar-refractivity contribution in [1.82, 2.24) is 15.1 Å². The molecule has 2 aliphatic rings. The summed E-state index contributed by atoms with van der Waals surface area (Å²) in [5.74, 6) is 0.259. The van der Waals surface area contributed by atoms with Gasteiger partial charge in [0.1, 0.15) is 5.54 Å². The molecule has 6 heteroatoms. The molecule has 0 aromatic rings. The zero-order valence-corrected chi connectivity index (χ0v) is 11.7. The number of imide groups is 1. The van der Waals surface area contributed by atoms with Gasteiger partial charge >= 0.3 is 6.03 Å². The average molecular weight is 269 g/mol. The summed E-state index contributed by atoms with van der Waals surface area (Å²) in [7, 11) is 0. The molecule has 0 aliphatic carbocycles. The van der Waals surface area contributed by atoms with Crippen LogP contribution in [0.3, 0.4) is 0 Å². The Bertz CT molecular complexity index is 362. The van der Waals surface area contributed by atoms with Gasteiger partial charge in [0.2, 0.25) is 0 Å². The second kappa shape index (κ2) is 5.46. The van der Waals surface area contributed by atoms with Crippen LogP contribution in [-0.4, -0.2) is 65.2 Å². The number of hydrogen-bond acceptors (Lipinski definition) is 4. The van der Waals surface area contributed by atoms with Gasteiger partial charge in [0.05, 0.1) is 0 Å². The summed E-state index contributed by atoms with van der Waals surface area (Å²) >= 11 is 0. The van der Waals surface area contributed by atoms with Gasteiger partial charge in [-0.1, -0.05) is 0 Å². The molecule has 0 bridgehead atoms. The number of likely N-dealkylation sites (tertiary alicyclic amines) is 1. The van der Waals surface area contributed by atoms with Gasteiger partial charge in [0.25, 0.3) is 5.91 Å². The van der Waals surface area contributed by atoms with Gasteiger partial charge in [0.15, 0.2) is 0 Å². The number of aliphatic hydroxyl groups is 1. The number of carbonyl (C=O) groups is 2. The molecule has 0 spiro atoms. The van der Waals surface area contributed by atoms with Crippen LogP contribution in [0.4, 0.5) is 4.79 Å². The van der Waals surface area contributed by atoms with E-state index in [0.29, 0.717) is 19.0 Å². The first-order valence-electron chi connectivity index (χ1n) is 6.91. The molecule has 0 aromatic carbocycles. The minimum Gasteiger partial charge on any atom is -0.396 e. The molecule has 2 fully saturated rings. The molecule has 0 unspecified atom stereocenters. The van der Waals surface area contributed by atoms with Crippen LogP contribution in [0.1, 0.15) is 26.7 Å². The van der Waals surface area contributed by atoms with Crippen molar-refractivity contribution >= 4 is 11.9 Å². The van der Waals surface area contributed by atoms with Gasteiger partial charge in [0, 0.05) is 19.7 Å². The number of amides is 3. The fraction of sp³-hybridized carbons (Fsp3) is 0.846. The number of nitrogens with one attached hydrogen (secondary N) is 1. The van der Waals surface area contributed by atoms with Crippen LogP contribution in [-0.2, 0) is 4.79 Å². The van der Waals surface area contributed by atoms with E-state index in [-0.39, 0.29) is 18.5 Å². The van der Waals surface area contributed by atoms with E-state index in [1.165, 1.54) is 4.90 Å². The number of urea groups is 1. The van der Waals surface area contributed by atoms with Crippen LogP contribution in [0.25, 0.3) is 0 Å². The Labute approximate surface area is 113 Å². The summed E-state index contributed by atoms with van der Waals surface area (Å²) in [6, 6.07) is -0.291. The maximum atomic E-state index is 12.0. The molecule has 2 heterocycles. The van der Waals surface area contributed by atoms with Crippen LogP contribution in [0, 0.1) is 5.92 Å². The molecule has 6 nitrogen and oxygen atoms in total. The third-order valence-corrected chi connectivity index (χ3v) is 4.05. The van der Waals surface area contributed by atoms with Crippen molar-refractivity contribution in [3.05, 3.63) is 0 Å². The van der Waals surface area contributed by atoms with Gasteiger partial charge in [-0.05, 0) is 45.7 Å². The second-order valence-corrected chi connectivity index (χ2v) is 5.98. The normalized spacial score (nSPS) is 24.9. The van der Waals surface area contributed by atoms with Crippen molar-refractivity contribution in [3.8, 4) is 0 Å². The molecular formula is C13H23N3O3. The highest BCUT2D eigenvalue weighted by molar-refractivity contribution is 6.06. The van der Waals surface area contributed by atoms with Gasteiger partial charge < -0.3 is 15.3 Å². The lowest BCUT2D eigenvalue weighted by atomic mass is 9.98. The molecule has 0 atom stereocenters. The van der Waals surface area contributed by atoms with Crippen LogP contribution >= 0.6 is 0 Å². The Balaban J connectivity index is 1.80. The Kier molecular flexibility index (Phi) is 4.10. The number of aliphatic hydroxyl groups excluding tert-OH is 1. The second-order valence-electron chi connectivity index (χ2n) is 5.98. The lowest BCUT2D eigenvalue weighted by Gasteiger charge is -2.31. The zero-order chi connectivity index (χ0) is 14.0. The van der Waals surface area contributed by atoms with Crippen LogP contribution in [0.5, 0.6) is 0 Å². The molecule has 2 N–H and O–H groups in total. The molecule has 108 valence electrons. The minimum absolute atomic E-state index is 0.150. The average Bonchev–Trinajstić information content (AvgIpc) is 2.57. The van der Waals surface area contributed by atoms with E-state index in [1.807, 2.05) is 0 Å². The number of piperidine rings is 1. The Morgan fingerprint density at radius 1 is 1.26 bits per heavy atom. The van der Waals surface area contributed by atoms with E-state index in [1.54, 1.807) is 13.8 Å². The summed E-state index contributed by atoms with van der Waals surface area (Å²) in [4.78, 5) is 27.3. The predicted octanol–water partition coefficient (Wildman–Crippen LogP) is 0.0211. The number of nitrogens with zero attached hydrogens (tertiary/aromatic N) is 2. The summed E-state index contributed by atoms with van der Waals surface area (Å²) in [5.41, 5.74) is -0.777. The molecule has 19 heavy (non-hydrogen) atoms. The smallest absolute Gasteiger partial charge is 0.325 e. The Morgan fingerprint density at radius 3 is 2.37 bits per heavy atom. The van der Waals surface area contributed by atoms with E-state index < -0.39 is 5.54 Å². The summed E-state index contributed by atoms with van der Waals surface area (Å²) in [6.07, 6.45) is 1.98. The molecular weight excluding hydrogens is 246 g/mol. The predicted molar refractivity (Wildman–Crippen MR) is 70.6 cm³/mol. The lowest BCUT2D eigenvalue weighted by molar-refractivity contribution is -0.130. The summed E-state index contributed by atoms with van der Waals surface area (Å²) < 4.78 is 0. The highest BCUT2D eigenvalue weighted by Gasteiger charge is 2.43. The molecule has 0 saturated carbocycles. The standard InChI is InChI=1S/C13H23N3O3/c1-13(2)11(18)16(12(19)14-13)8-7-15-5-3-10(9-17)4-6-15/h10,17H,3-9H2,1-2H3,(H,14,19). The number of rotatable bonds is 4. The van der Waals surface area contributed by atoms with Crippen molar-refractivity contribution in [2.45, 2.75) is 32.2 Å². The largest absolute Gasteiger partial charge is 0.396 e. The number of carbonyl (C=O) groups excluding carboxylic acids is 2. The van der Waals surface area contributed by atoms with E-state index in [4.69, 9.17) is 5.11 Å². The van der Waals surface area contributed by atoms with Crippen LogP contribution in [0.2, 0.25) is 0 Å². The van der Waals surface area contributed by atoms with Crippen molar-refractivity contribution in [1.29, 1.82) is 0 Å². The van der Waals surface area contributed by atoms with Gasteiger partial charge in [-0.3, -0.25) is 9.69 Å². The highest BCUT2D eigenvalue weighted by atomic mass is 16.3. The first-order chi connectivity index (χ1) is 8.94. The van der Waals surface area contributed by atoms with Gasteiger partial charge in [-0.15, -0.1) is 0 Å². The van der Waals surface area contributed by atoms with E-state index in [2.05, 4.69) is 10.2 Å². The molecule has 2 saturated heterocycles. The van der Waals surface area contributed by atoms with Crippen molar-refractivity contribution in [2.75, 3.05) is 32.8 Å². The maximum absolute atomic E-state index is 12.0. The Hall–Kier alpha value is -1.14. The van der Waals surface area contributed by atoms with Crippen molar-refractivity contribution in [3.63, 3.8) is 0 Å². The molecule has 0 aromatic heterocycles. The van der Waals surface area contributed by atoms with E-state index in [0.717, 1.165) is 25.9 Å². The topological polar surface area (TPSA) is 72.9 Å². The van der Waals surface area contributed by atoms with E-state index in [9.17, 15) is 9.59 Å². The summed E-state index contributed by atoms with van der Waals surface area (Å²) in [5, 5.41) is 11.8.